The summed E-state index contributed by atoms with van der Waals surface area (Å²) >= 11 is 31.0. The van der Waals surface area contributed by atoms with Crippen LogP contribution < -0.4 is 10.2 Å². The summed E-state index contributed by atoms with van der Waals surface area (Å²) in [5.74, 6) is -2.56. The van der Waals surface area contributed by atoms with Crippen LogP contribution in [0, 0.1) is 11.7 Å². The van der Waals surface area contributed by atoms with E-state index in [4.69, 9.17) is 58.0 Å². The number of alkyl halides is 2. The minimum absolute atomic E-state index is 0.0989. The van der Waals surface area contributed by atoms with E-state index in [1.165, 1.54) is 30.1 Å². The third-order valence-electron chi connectivity index (χ3n) is 5.53. The number of rotatable bonds is 5. The number of hydrogen-bond donors (Lipinski definition) is 1. The molecule has 3 aromatic rings. The zero-order valence-electron chi connectivity index (χ0n) is 17.5. The van der Waals surface area contributed by atoms with Crippen LogP contribution in [0.25, 0.3) is 0 Å². The second kappa shape index (κ2) is 9.56. The first-order chi connectivity index (χ1) is 16.0. The Morgan fingerprint density at radius 3 is 2.29 bits per heavy atom. The van der Waals surface area contributed by atoms with E-state index >= 15 is 0 Å². The molecule has 34 heavy (non-hydrogen) atoms. The van der Waals surface area contributed by atoms with Crippen LogP contribution in [0.4, 0.5) is 15.8 Å². The lowest BCUT2D eigenvalue weighted by Gasteiger charge is -2.19. The Morgan fingerprint density at radius 2 is 1.65 bits per heavy atom. The average Bonchev–Trinajstić information content (AvgIpc) is 3.34. The molecule has 176 valence electrons. The molecule has 3 aromatic carbocycles. The molecule has 4 rings (SSSR count). The summed E-state index contributed by atoms with van der Waals surface area (Å²) in [4.78, 5) is 27.2. The minimum Gasteiger partial charge on any atom is -0.326 e. The Kier molecular flexibility index (Phi) is 7.05. The molecule has 2 atom stereocenters. The van der Waals surface area contributed by atoms with Gasteiger partial charge in [0, 0.05) is 34.3 Å². The molecule has 2 amide bonds. The maximum absolute atomic E-state index is 13.3. The molecule has 0 aliphatic heterocycles. The van der Waals surface area contributed by atoms with E-state index in [9.17, 15) is 14.0 Å². The second-order valence-corrected chi connectivity index (χ2v) is 10.6. The molecule has 1 fully saturated rings. The van der Waals surface area contributed by atoms with Crippen molar-refractivity contribution >= 4 is 81.2 Å². The number of nitrogens with one attached hydrogen (secondary N) is 1. The van der Waals surface area contributed by atoms with Gasteiger partial charge in [-0.05, 0) is 60.2 Å². The molecule has 1 saturated carbocycles. The van der Waals surface area contributed by atoms with Crippen molar-refractivity contribution in [3.63, 3.8) is 0 Å². The smallest absolute Gasteiger partial charge is 0.258 e. The lowest BCUT2D eigenvalue weighted by atomic mass is 10.1. The van der Waals surface area contributed by atoms with E-state index in [2.05, 4.69) is 5.32 Å². The molecule has 10 heteroatoms. The van der Waals surface area contributed by atoms with Gasteiger partial charge in [-0.3, -0.25) is 9.59 Å². The molecule has 4 nitrogen and oxygen atoms in total. The fourth-order valence-electron chi connectivity index (χ4n) is 3.83. The highest BCUT2D eigenvalue weighted by atomic mass is 35.5. The molecule has 1 aliphatic rings. The fourth-order valence-corrected chi connectivity index (χ4v) is 5.49. The lowest BCUT2D eigenvalue weighted by molar-refractivity contribution is -0.117. The lowest BCUT2D eigenvalue weighted by Crippen LogP contribution is -2.26. The number of carbonyl (C=O) groups excluding carboxylic acids is 2. The van der Waals surface area contributed by atoms with Crippen molar-refractivity contribution < 1.29 is 14.0 Å². The van der Waals surface area contributed by atoms with Crippen molar-refractivity contribution in [2.75, 3.05) is 17.3 Å². The first-order valence-electron chi connectivity index (χ1n) is 9.97. The van der Waals surface area contributed by atoms with E-state index in [1.54, 1.807) is 36.4 Å². The number of benzene rings is 3. The summed E-state index contributed by atoms with van der Waals surface area (Å²) in [6, 6.07) is 15.0. The largest absolute Gasteiger partial charge is 0.326 e. The summed E-state index contributed by atoms with van der Waals surface area (Å²) in [5, 5.41) is 3.68. The molecular formula is C24H16Cl5FN2O2. The Hall–Kier alpha value is -2.02. The first kappa shape index (κ1) is 25.1. The highest BCUT2D eigenvalue weighted by Crippen LogP contribution is 2.65. The SMILES string of the molecule is CN(C(=O)c1cccc(NC(=O)C2C(c3cc(Cl)cc(Cl)c3)C2(Cl)Cl)c1)c1ccc(F)cc1Cl. The quantitative estimate of drug-likeness (QED) is 0.327. The number of anilines is 2. The van der Waals surface area contributed by atoms with E-state index in [0.29, 0.717) is 27.0 Å². The van der Waals surface area contributed by atoms with E-state index in [-0.39, 0.29) is 10.6 Å². The van der Waals surface area contributed by atoms with Gasteiger partial charge in [-0.2, -0.15) is 0 Å². The second-order valence-electron chi connectivity index (χ2n) is 7.86. The van der Waals surface area contributed by atoms with Crippen molar-refractivity contribution in [1.82, 2.24) is 0 Å². The highest BCUT2D eigenvalue weighted by Gasteiger charge is 2.67. The summed E-state index contributed by atoms with van der Waals surface area (Å²) in [6.45, 7) is 0. The van der Waals surface area contributed by atoms with Gasteiger partial charge < -0.3 is 10.2 Å². The van der Waals surface area contributed by atoms with Crippen LogP contribution >= 0.6 is 58.0 Å². The highest BCUT2D eigenvalue weighted by molar-refractivity contribution is 6.53. The zero-order valence-corrected chi connectivity index (χ0v) is 21.2. The zero-order chi connectivity index (χ0) is 24.8. The topological polar surface area (TPSA) is 49.4 Å². The van der Waals surface area contributed by atoms with Gasteiger partial charge >= 0.3 is 0 Å². The number of nitrogens with zero attached hydrogens (tertiary/aromatic N) is 1. The normalized spacial score (nSPS) is 18.3. The molecule has 0 bridgehead atoms. The molecule has 0 heterocycles. The van der Waals surface area contributed by atoms with Gasteiger partial charge in [0.2, 0.25) is 5.91 Å². The van der Waals surface area contributed by atoms with Gasteiger partial charge in [-0.15, -0.1) is 23.2 Å². The molecule has 0 spiro atoms. The van der Waals surface area contributed by atoms with E-state index < -0.39 is 33.8 Å². The van der Waals surface area contributed by atoms with Crippen LogP contribution in [0.2, 0.25) is 15.1 Å². The van der Waals surface area contributed by atoms with Gasteiger partial charge in [0.25, 0.3) is 5.91 Å². The molecule has 0 aromatic heterocycles. The number of amides is 2. The van der Waals surface area contributed by atoms with Gasteiger partial charge in [0.05, 0.1) is 16.6 Å². The Morgan fingerprint density at radius 1 is 0.971 bits per heavy atom. The summed E-state index contributed by atoms with van der Waals surface area (Å²) in [5.41, 5.74) is 1.67. The van der Waals surface area contributed by atoms with Gasteiger partial charge in [-0.25, -0.2) is 4.39 Å². The third kappa shape index (κ3) is 5.00. The summed E-state index contributed by atoms with van der Waals surface area (Å²) in [6.07, 6.45) is 0. The van der Waals surface area contributed by atoms with Crippen LogP contribution in [0.1, 0.15) is 21.8 Å². The van der Waals surface area contributed by atoms with Crippen LogP contribution in [-0.2, 0) is 4.79 Å². The summed E-state index contributed by atoms with van der Waals surface area (Å²) in [7, 11) is 1.52. The molecular weight excluding hydrogens is 545 g/mol. The van der Waals surface area contributed by atoms with E-state index in [0.717, 1.165) is 6.07 Å². The minimum atomic E-state index is -1.33. The van der Waals surface area contributed by atoms with Crippen molar-refractivity contribution in [3.8, 4) is 0 Å². The Bertz CT molecular complexity index is 1280. The number of carbonyl (C=O) groups is 2. The van der Waals surface area contributed by atoms with Gasteiger partial charge in [-0.1, -0.05) is 40.9 Å². The van der Waals surface area contributed by atoms with Crippen molar-refractivity contribution in [2.24, 2.45) is 5.92 Å². The first-order valence-corrected chi connectivity index (χ1v) is 11.9. The molecule has 1 aliphatic carbocycles. The standard InChI is InChI=1S/C24H16Cl5FN2O2/c1-32(19-6-5-16(30)11-18(19)27)23(34)12-3-2-4-17(9-12)31-22(33)21-20(24(21,28)29)13-7-14(25)10-15(26)8-13/h2-11,20-21H,1H3,(H,31,33). The van der Waals surface area contributed by atoms with Crippen molar-refractivity contribution in [3.05, 3.63) is 92.7 Å². The van der Waals surface area contributed by atoms with Crippen LogP contribution in [0.5, 0.6) is 0 Å². The van der Waals surface area contributed by atoms with Gasteiger partial charge in [0.1, 0.15) is 10.2 Å². The van der Waals surface area contributed by atoms with E-state index in [1.807, 2.05) is 0 Å². The molecule has 0 saturated heterocycles. The maximum Gasteiger partial charge on any atom is 0.258 e. The van der Waals surface area contributed by atoms with Crippen molar-refractivity contribution in [1.29, 1.82) is 0 Å². The molecule has 1 N–H and O–H groups in total. The van der Waals surface area contributed by atoms with Crippen LogP contribution in [-0.4, -0.2) is 23.2 Å². The predicted molar refractivity (Wildman–Crippen MR) is 136 cm³/mol. The predicted octanol–water partition coefficient (Wildman–Crippen LogP) is 7.59. The average molecular weight is 561 g/mol. The summed E-state index contributed by atoms with van der Waals surface area (Å²) < 4.78 is 12.0. The number of hydrogen-bond acceptors (Lipinski definition) is 2. The van der Waals surface area contributed by atoms with Crippen molar-refractivity contribution in [2.45, 2.75) is 10.3 Å². The fraction of sp³-hybridized carbons (Fsp3) is 0.167. The molecule has 0 radical (unpaired) electrons. The number of halogens is 6. The monoisotopic (exact) mass is 558 g/mol. The van der Waals surface area contributed by atoms with Gasteiger partial charge in [0.15, 0.2) is 0 Å². The third-order valence-corrected chi connectivity index (χ3v) is 7.21. The Labute approximate surface area is 220 Å². The van der Waals surface area contributed by atoms with Crippen LogP contribution in [0.15, 0.2) is 60.7 Å². The van der Waals surface area contributed by atoms with Crippen LogP contribution in [0.3, 0.4) is 0 Å². The maximum atomic E-state index is 13.3. The molecule has 2 unspecified atom stereocenters. The Balaban J connectivity index is 1.51.